The first-order chi connectivity index (χ1) is 7.31. The summed E-state index contributed by atoms with van der Waals surface area (Å²) in [5, 5.41) is 3.07. The molecule has 0 saturated heterocycles. The van der Waals surface area contributed by atoms with Crippen LogP contribution in [0.5, 0.6) is 5.88 Å². The van der Waals surface area contributed by atoms with Crippen LogP contribution in [-0.4, -0.2) is 16.6 Å². The lowest BCUT2D eigenvalue weighted by atomic mass is 10.4. The maximum Gasteiger partial charge on any atom is 0.227 e. The smallest absolute Gasteiger partial charge is 0.227 e. The van der Waals surface area contributed by atoms with Crippen molar-refractivity contribution >= 4 is 33.2 Å². The normalized spacial score (nSPS) is 10.5. The van der Waals surface area contributed by atoms with Gasteiger partial charge in [0.15, 0.2) is 0 Å². The summed E-state index contributed by atoms with van der Waals surface area (Å²) < 4.78 is 5.50. The summed E-state index contributed by atoms with van der Waals surface area (Å²) in [7, 11) is 0. The third kappa shape index (κ3) is 2.27. The minimum Gasteiger partial charge on any atom is -0.477 e. The fourth-order valence-electron chi connectivity index (χ4n) is 1.15. The van der Waals surface area contributed by atoms with Crippen LogP contribution in [-0.2, 0) is 0 Å². The average Bonchev–Trinajstić information content (AvgIpc) is 2.65. The molecule has 0 aromatic carbocycles. The Morgan fingerprint density at radius 1 is 1.53 bits per heavy atom. The van der Waals surface area contributed by atoms with Crippen molar-refractivity contribution in [2.45, 2.75) is 6.42 Å². The molecule has 0 aliphatic heterocycles. The minimum absolute atomic E-state index is 0.221. The van der Waals surface area contributed by atoms with Crippen molar-refractivity contribution in [3.05, 3.63) is 29.4 Å². The van der Waals surface area contributed by atoms with Crippen LogP contribution < -0.4 is 4.74 Å². The van der Waals surface area contributed by atoms with Gasteiger partial charge < -0.3 is 4.74 Å². The van der Waals surface area contributed by atoms with Crippen LogP contribution in [0, 0.1) is 0 Å². The highest BCUT2D eigenvalue weighted by molar-refractivity contribution is 7.16. The topological polar surface area (TPSA) is 35.0 Å². The Kier molecular flexibility index (Phi) is 3.18. The molecule has 0 spiro atoms. The second kappa shape index (κ2) is 4.59. The van der Waals surface area contributed by atoms with Crippen LogP contribution >= 0.6 is 22.9 Å². The highest BCUT2D eigenvalue weighted by Crippen LogP contribution is 2.27. The molecule has 0 unspecified atom stereocenters. The molecule has 5 heteroatoms. The Bertz CT molecular complexity index is 483. The maximum absolute atomic E-state index is 5.78. The number of ether oxygens (including phenoxy) is 1. The van der Waals surface area contributed by atoms with Crippen LogP contribution in [0.2, 0.25) is 5.28 Å². The molecule has 0 saturated carbocycles. The van der Waals surface area contributed by atoms with Crippen molar-refractivity contribution in [3.63, 3.8) is 0 Å². The highest BCUT2D eigenvalue weighted by atomic mass is 35.5. The van der Waals surface area contributed by atoms with Crippen molar-refractivity contribution in [1.29, 1.82) is 0 Å². The lowest BCUT2D eigenvalue weighted by Crippen LogP contribution is -1.98. The monoisotopic (exact) mass is 240 g/mol. The SMILES string of the molecule is C=CCCOc1nc(Cl)nc2sccc12. The Labute approximate surface area is 96.4 Å². The first kappa shape index (κ1) is 10.4. The molecule has 0 fully saturated rings. The summed E-state index contributed by atoms with van der Waals surface area (Å²) >= 11 is 7.30. The van der Waals surface area contributed by atoms with E-state index in [1.54, 1.807) is 6.08 Å². The zero-order chi connectivity index (χ0) is 10.7. The van der Waals surface area contributed by atoms with E-state index in [2.05, 4.69) is 16.5 Å². The molecule has 0 N–H and O–H groups in total. The van der Waals surface area contributed by atoms with Crippen LogP contribution in [0.15, 0.2) is 24.1 Å². The first-order valence-corrected chi connectivity index (χ1v) is 5.71. The summed E-state index contributed by atoms with van der Waals surface area (Å²) in [5.41, 5.74) is 0. The Balaban J connectivity index is 2.31. The molecular weight excluding hydrogens is 232 g/mol. The van der Waals surface area contributed by atoms with Gasteiger partial charge in [0.2, 0.25) is 11.2 Å². The quantitative estimate of drug-likeness (QED) is 0.467. The van der Waals surface area contributed by atoms with Crippen LogP contribution in [0.25, 0.3) is 10.2 Å². The molecule has 0 amide bonds. The maximum atomic E-state index is 5.78. The van der Waals surface area contributed by atoms with E-state index in [1.165, 1.54) is 11.3 Å². The number of thiophene rings is 1. The number of hydrogen-bond acceptors (Lipinski definition) is 4. The number of rotatable bonds is 4. The summed E-state index contributed by atoms with van der Waals surface area (Å²) in [6.07, 6.45) is 2.58. The van der Waals surface area contributed by atoms with Crippen molar-refractivity contribution in [2.75, 3.05) is 6.61 Å². The van der Waals surface area contributed by atoms with Gasteiger partial charge >= 0.3 is 0 Å². The lowest BCUT2D eigenvalue weighted by Gasteiger charge is -2.04. The van der Waals surface area contributed by atoms with Gasteiger partial charge in [-0.1, -0.05) is 6.08 Å². The summed E-state index contributed by atoms with van der Waals surface area (Å²) in [6.45, 7) is 4.18. The van der Waals surface area contributed by atoms with E-state index in [0.29, 0.717) is 12.5 Å². The van der Waals surface area contributed by atoms with Crippen LogP contribution in [0.4, 0.5) is 0 Å². The Morgan fingerprint density at radius 3 is 3.20 bits per heavy atom. The number of fused-ring (bicyclic) bond motifs is 1. The third-order valence-electron chi connectivity index (χ3n) is 1.82. The van der Waals surface area contributed by atoms with Gasteiger partial charge in [0, 0.05) is 0 Å². The fourth-order valence-corrected chi connectivity index (χ4v) is 2.12. The second-order valence-electron chi connectivity index (χ2n) is 2.86. The summed E-state index contributed by atoms with van der Waals surface area (Å²) in [5.74, 6) is 0.549. The van der Waals surface area contributed by atoms with Gasteiger partial charge in [-0.25, -0.2) is 4.98 Å². The van der Waals surface area contributed by atoms with Crippen molar-refractivity contribution in [1.82, 2.24) is 9.97 Å². The van der Waals surface area contributed by atoms with Crippen molar-refractivity contribution in [3.8, 4) is 5.88 Å². The summed E-state index contributed by atoms with van der Waals surface area (Å²) in [6, 6.07) is 1.93. The lowest BCUT2D eigenvalue weighted by molar-refractivity contribution is 0.316. The van der Waals surface area contributed by atoms with Crippen molar-refractivity contribution in [2.24, 2.45) is 0 Å². The molecule has 0 bridgehead atoms. The zero-order valence-corrected chi connectivity index (χ0v) is 9.51. The van der Waals surface area contributed by atoms with E-state index in [0.717, 1.165) is 16.6 Å². The molecule has 0 aliphatic carbocycles. The fraction of sp³-hybridized carbons (Fsp3) is 0.200. The molecule has 2 heterocycles. The molecule has 2 aromatic heterocycles. The first-order valence-electron chi connectivity index (χ1n) is 4.45. The summed E-state index contributed by atoms with van der Waals surface area (Å²) in [4.78, 5) is 9.00. The van der Waals surface area contributed by atoms with Gasteiger partial charge in [-0.05, 0) is 29.5 Å². The number of halogens is 1. The van der Waals surface area contributed by atoms with Gasteiger partial charge in [-0.15, -0.1) is 17.9 Å². The molecule has 15 heavy (non-hydrogen) atoms. The standard InChI is InChI=1S/C10H9ClN2OS/c1-2-3-5-14-8-7-4-6-15-9(7)13-10(11)12-8/h2,4,6H,1,3,5H2. The largest absolute Gasteiger partial charge is 0.477 e. The molecule has 78 valence electrons. The van der Waals surface area contributed by atoms with E-state index in [4.69, 9.17) is 16.3 Å². The zero-order valence-electron chi connectivity index (χ0n) is 7.94. The average molecular weight is 241 g/mol. The molecule has 2 rings (SSSR count). The highest BCUT2D eigenvalue weighted by Gasteiger charge is 2.08. The van der Waals surface area contributed by atoms with Crippen LogP contribution in [0.3, 0.4) is 0 Å². The minimum atomic E-state index is 0.221. The van der Waals surface area contributed by atoms with E-state index in [9.17, 15) is 0 Å². The van der Waals surface area contributed by atoms with Gasteiger partial charge in [0.1, 0.15) is 4.83 Å². The van der Waals surface area contributed by atoms with Gasteiger partial charge in [0.05, 0.1) is 12.0 Å². The van der Waals surface area contributed by atoms with Gasteiger partial charge in [-0.3, -0.25) is 0 Å². The molecule has 0 radical (unpaired) electrons. The second-order valence-corrected chi connectivity index (χ2v) is 4.10. The third-order valence-corrected chi connectivity index (χ3v) is 2.80. The molecule has 2 aromatic rings. The number of aromatic nitrogens is 2. The Hall–Kier alpha value is -1.13. The van der Waals surface area contributed by atoms with Gasteiger partial charge in [0.25, 0.3) is 0 Å². The molecule has 0 aliphatic rings. The van der Waals surface area contributed by atoms with E-state index >= 15 is 0 Å². The number of nitrogens with zero attached hydrogens (tertiary/aromatic N) is 2. The van der Waals surface area contributed by atoms with Gasteiger partial charge in [-0.2, -0.15) is 4.98 Å². The van der Waals surface area contributed by atoms with Crippen LogP contribution in [0.1, 0.15) is 6.42 Å². The molecule has 0 atom stereocenters. The predicted molar refractivity (Wildman–Crippen MR) is 62.7 cm³/mol. The predicted octanol–water partition coefficient (Wildman–Crippen LogP) is 3.30. The van der Waals surface area contributed by atoms with Crippen molar-refractivity contribution < 1.29 is 4.74 Å². The number of hydrogen-bond donors (Lipinski definition) is 0. The Morgan fingerprint density at radius 2 is 2.40 bits per heavy atom. The molecular formula is C10H9ClN2OS. The molecule has 3 nitrogen and oxygen atoms in total. The van der Waals surface area contributed by atoms with E-state index in [1.807, 2.05) is 11.4 Å². The van der Waals surface area contributed by atoms with E-state index < -0.39 is 0 Å². The van der Waals surface area contributed by atoms with E-state index in [-0.39, 0.29) is 5.28 Å².